The number of aromatic nitrogens is 2. The molecule has 0 spiro atoms. The van der Waals surface area contributed by atoms with E-state index in [0.29, 0.717) is 5.01 Å². The molecule has 1 aliphatic heterocycles. The van der Waals surface area contributed by atoms with Gasteiger partial charge in [-0.2, -0.15) is 0 Å². The number of rotatable bonds is 4. The molecular formula is C18H22N4O2S. The summed E-state index contributed by atoms with van der Waals surface area (Å²) in [4.78, 5) is 26.6. The lowest BCUT2D eigenvalue weighted by Gasteiger charge is -2.24. The monoisotopic (exact) mass is 358 g/mol. The average molecular weight is 358 g/mol. The van der Waals surface area contributed by atoms with Gasteiger partial charge in [0.2, 0.25) is 10.9 Å². The third-order valence-corrected chi connectivity index (χ3v) is 5.28. The third-order valence-electron chi connectivity index (χ3n) is 4.26. The van der Waals surface area contributed by atoms with Crippen LogP contribution in [-0.4, -0.2) is 33.5 Å². The maximum atomic E-state index is 12.4. The zero-order valence-electron chi connectivity index (χ0n) is 14.7. The fourth-order valence-corrected chi connectivity index (χ4v) is 3.79. The molecule has 1 saturated heterocycles. The second-order valence-electron chi connectivity index (χ2n) is 6.61. The third kappa shape index (κ3) is 3.87. The topological polar surface area (TPSA) is 75.2 Å². The molecule has 0 bridgehead atoms. The Hall–Kier alpha value is -2.28. The van der Waals surface area contributed by atoms with Crippen LogP contribution in [0.5, 0.6) is 0 Å². The van der Waals surface area contributed by atoms with Gasteiger partial charge < -0.3 is 10.2 Å². The van der Waals surface area contributed by atoms with Crippen LogP contribution >= 0.6 is 11.3 Å². The van der Waals surface area contributed by atoms with E-state index in [-0.39, 0.29) is 23.8 Å². The number of aryl methyl sites for hydroxylation is 1. The van der Waals surface area contributed by atoms with Crippen LogP contribution in [0.3, 0.4) is 0 Å². The Morgan fingerprint density at radius 1 is 1.24 bits per heavy atom. The van der Waals surface area contributed by atoms with E-state index in [0.717, 1.165) is 35.6 Å². The molecule has 0 saturated carbocycles. The van der Waals surface area contributed by atoms with Crippen molar-refractivity contribution in [2.24, 2.45) is 5.92 Å². The number of benzene rings is 1. The molecule has 1 unspecified atom stereocenters. The summed E-state index contributed by atoms with van der Waals surface area (Å²) in [5.74, 6) is -0.187. The number of amides is 2. The molecule has 0 aliphatic carbocycles. The van der Waals surface area contributed by atoms with E-state index in [1.165, 1.54) is 11.3 Å². The molecule has 2 heterocycles. The van der Waals surface area contributed by atoms with Crippen molar-refractivity contribution in [1.82, 2.24) is 15.1 Å². The first-order valence-electron chi connectivity index (χ1n) is 8.47. The molecular weight excluding hydrogens is 336 g/mol. The van der Waals surface area contributed by atoms with Gasteiger partial charge in [-0.25, -0.2) is 0 Å². The summed E-state index contributed by atoms with van der Waals surface area (Å²) < 4.78 is 0. The van der Waals surface area contributed by atoms with Crippen LogP contribution in [0.2, 0.25) is 0 Å². The Labute approximate surface area is 151 Å². The summed E-state index contributed by atoms with van der Waals surface area (Å²) in [6.07, 6.45) is 1.82. The van der Waals surface area contributed by atoms with E-state index >= 15 is 0 Å². The van der Waals surface area contributed by atoms with Crippen LogP contribution in [0, 0.1) is 12.8 Å². The molecule has 2 amide bonds. The molecule has 7 heteroatoms. The molecule has 1 fully saturated rings. The van der Waals surface area contributed by atoms with Gasteiger partial charge in [-0.05, 0) is 31.9 Å². The van der Waals surface area contributed by atoms with E-state index in [9.17, 15) is 9.59 Å². The van der Waals surface area contributed by atoms with Gasteiger partial charge in [-0.15, -0.1) is 10.2 Å². The van der Waals surface area contributed by atoms with Gasteiger partial charge in [0.15, 0.2) is 0 Å². The van der Waals surface area contributed by atoms with Crippen LogP contribution in [-0.2, 0) is 4.79 Å². The predicted molar refractivity (Wildman–Crippen MR) is 97.6 cm³/mol. The minimum Gasteiger partial charge on any atom is -0.333 e. The summed E-state index contributed by atoms with van der Waals surface area (Å²) in [6, 6.07) is 7.53. The summed E-state index contributed by atoms with van der Waals surface area (Å²) in [5, 5.41) is 12.1. The highest BCUT2D eigenvalue weighted by Gasteiger charge is 2.33. The van der Waals surface area contributed by atoms with E-state index in [1.807, 2.05) is 49.9 Å². The molecule has 25 heavy (non-hydrogen) atoms. The number of likely N-dealkylation sites (tertiary alicyclic amines) is 1. The van der Waals surface area contributed by atoms with Crippen LogP contribution in [0.25, 0.3) is 0 Å². The summed E-state index contributed by atoms with van der Waals surface area (Å²) in [6.45, 7) is 6.54. The maximum Gasteiger partial charge on any atom is 0.286 e. The number of nitrogens with zero attached hydrogens (tertiary/aromatic N) is 3. The average Bonchev–Trinajstić information content (AvgIpc) is 3.24. The minimum atomic E-state index is -0.271. The number of anilines is 1. The second kappa shape index (κ2) is 7.31. The number of hydrogen-bond acceptors (Lipinski definition) is 5. The zero-order valence-corrected chi connectivity index (χ0v) is 15.5. The normalized spacial score (nSPS) is 17.1. The standard InChI is InChI=1S/C18H22N4O2S/c1-11(2)18(24)22-10-4-5-14(22)16-20-21-17(25-16)15(23)19-13-8-6-12(3)7-9-13/h6-9,11,14H,4-5,10H2,1-3H3,(H,19,23). The second-order valence-corrected chi connectivity index (χ2v) is 7.62. The van der Waals surface area contributed by atoms with Gasteiger partial charge in [0.1, 0.15) is 5.01 Å². The highest BCUT2D eigenvalue weighted by Crippen LogP contribution is 2.34. The van der Waals surface area contributed by atoms with E-state index in [4.69, 9.17) is 0 Å². The van der Waals surface area contributed by atoms with Crippen molar-refractivity contribution in [2.75, 3.05) is 11.9 Å². The molecule has 132 valence electrons. The maximum absolute atomic E-state index is 12.4. The molecule has 1 aliphatic rings. The lowest BCUT2D eigenvalue weighted by atomic mass is 10.1. The highest BCUT2D eigenvalue weighted by atomic mass is 32.1. The lowest BCUT2D eigenvalue weighted by Crippen LogP contribution is -2.33. The largest absolute Gasteiger partial charge is 0.333 e. The van der Waals surface area contributed by atoms with Crippen molar-refractivity contribution < 1.29 is 9.59 Å². The fraction of sp³-hybridized carbons (Fsp3) is 0.444. The van der Waals surface area contributed by atoms with Crippen LogP contribution in [0.1, 0.15) is 53.1 Å². The minimum absolute atomic E-state index is 0.0437. The van der Waals surface area contributed by atoms with Gasteiger partial charge in [-0.3, -0.25) is 9.59 Å². The Bertz CT molecular complexity index is 770. The van der Waals surface area contributed by atoms with Gasteiger partial charge in [-0.1, -0.05) is 42.9 Å². The van der Waals surface area contributed by atoms with E-state index in [2.05, 4.69) is 15.5 Å². The Morgan fingerprint density at radius 3 is 2.64 bits per heavy atom. The van der Waals surface area contributed by atoms with Crippen molar-refractivity contribution in [3.05, 3.63) is 39.8 Å². The van der Waals surface area contributed by atoms with Crippen molar-refractivity contribution in [3.63, 3.8) is 0 Å². The molecule has 2 aromatic rings. The van der Waals surface area contributed by atoms with Gasteiger partial charge in [0, 0.05) is 18.2 Å². The number of carbonyl (C=O) groups excluding carboxylic acids is 2. The molecule has 0 radical (unpaired) electrons. The van der Waals surface area contributed by atoms with Crippen molar-refractivity contribution in [1.29, 1.82) is 0 Å². The number of nitrogens with one attached hydrogen (secondary N) is 1. The summed E-state index contributed by atoms with van der Waals surface area (Å²) in [5.41, 5.74) is 1.86. The SMILES string of the molecule is Cc1ccc(NC(=O)c2nnc(C3CCCN3C(=O)C(C)C)s2)cc1. The quantitative estimate of drug-likeness (QED) is 0.909. The van der Waals surface area contributed by atoms with Gasteiger partial charge in [0.25, 0.3) is 5.91 Å². The molecule has 1 aromatic carbocycles. The molecule has 6 nitrogen and oxygen atoms in total. The molecule has 3 rings (SSSR count). The first kappa shape index (κ1) is 17.5. The highest BCUT2D eigenvalue weighted by molar-refractivity contribution is 7.13. The Kier molecular flexibility index (Phi) is 5.13. The first-order valence-corrected chi connectivity index (χ1v) is 9.29. The van der Waals surface area contributed by atoms with Crippen LogP contribution in [0.4, 0.5) is 5.69 Å². The number of hydrogen-bond donors (Lipinski definition) is 1. The van der Waals surface area contributed by atoms with E-state index < -0.39 is 0 Å². The molecule has 1 aromatic heterocycles. The molecule has 1 atom stereocenters. The first-order chi connectivity index (χ1) is 12.0. The lowest BCUT2D eigenvalue weighted by molar-refractivity contribution is -0.135. The van der Waals surface area contributed by atoms with Crippen molar-refractivity contribution >= 4 is 28.8 Å². The Balaban J connectivity index is 1.72. The fourth-order valence-electron chi connectivity index (χ4n) is 2.90. The summed E-state index contributed by atoms with van der Waals surface area (Å²) >= 11 is 1.27. The van der Waals surface area contributed by atoms with Gasteiger partial charge >= 0.3 is 0 Å². The van der Waals surface area contributed by atoms with Crippen LogP contribution in [0.15, 0.2) is 24.3 Å². The summed E-state index contributed by atoms with van der Waals surface area (Å²) in [7, 11) is 0. The predicted octanol–water partition coefficient (Wildman–Crippen LogP) is 3.42. The van der Waals surface area contributed by atoms with Crippen molar-refractivity contribution in [2.45, 2.75) is 39.7 Å². The van der Waals surface area contributed by atoms with E-state index in [1.54, 1.807) is 0 Å². The van der Waals surface area contributed by atoms with Crippen LogP contribution < -0.4 is 5.32 Å². The Morgan fingerprint density at radius 2 is 1.96 bits per heavy atom. The van der Waals surface area contributed by atoms with Crippen molar-refractivity contribution in [3.8, 4) is 0 Å². The molecule has 1 N–H and O–H groups in total. The number of carbonyl (C=O) groups is 2. The smallest absolute Gasteiger partial charge is 0.286 e. The zero-order chi connectivity index (χ0) is 18.0. The van der Waals surface area contributed by atoms with Gasteiger partial charge in [0.05, 0.1) is 6.04 Å².